The smallest absolute Gasteiger partial charge is 0.160 e. The first kappa shape index (κ1) is 17.4. The molecule has 0 atom stereocenters. The summed E-state index contributed by atoms with van der Waals surface area (Å²) in [7, 11) is 3.34. The van der Waals surface area contributed by atoms with Gasteiger partial charge in [-0.15, -0.1) is 0 Å². The van der Waals surface area contributed by atoms with E-state index in [1.807, 2.05) is 6.07 Å². The second-order valence-corrected chi connectivity index (χ2v) is 5.60. The number of aryl methyl sites for hydroxylation is 1. The summed E-state index contributed by atoms with van der Waals surface area (Å²) in [5, 5.41) is 0. The van der Waals surface area contributed by atoms with Crippen molar-refractivity contribution in [2.45, 2.75) is 46.5 Å². The SMILES string of the molecule is COc1ccc(CCC=C(C)CCC=C(C)C)cc1OC. The number of benzene rings is 1. The normalized spacial score (nSPS) is 11.2. The molecule has 0 N–H and O–H groups in total. The average Bonchev–Trinajstić information content (AvgIpc) is 2.46. The van der Waals surface area contributed by atoms with Crippen LogP contribution in [-0.2, 0) is 6.42 Å². The Kier molecular flexibility index (Phi) is 7.66. The highest BCUT2D eigenvalue weighted by Gasteiger charge is 2.03. The quantitative estimate of drug-likeness (QED) is 0.602. The van der Waals surface area contributed by atoms with Crippen molar-refractivity contribution in [1.29, 1.82) is 0 Å². The molecule has 0 bridgehead atoms. The van der Waals surface area contributed by atoms with Gasteiger partial charge in [0, 0.05) is 0 Å². The summed E-state index contributed by atoms with van der Waals surface area (Å²) in [6.07, 6.45) is 9.02. The number of hydrogen-bond acceptors (Lipinski definition) is 2. The van der Waals surface area contributed by atoms with Crippen LogP contribution < -0.4 is 9.47 Å². The topological polar surface area (TPSA) is 18.5 Å². The molecule has 0 amide bonds. The second-order valence-electron chi connectivity index (χ2n) is 5.60. The van der Waals surface area contributed by atoms with Crippen molar-refractivity contribution in [3.8, 4) is 11.5 Å². The Balaban J connectivity index is 2.49. The molecule has 2 heteroatoms. The van der Waals surface area contributed by atoms with Crippen molar-refractivity contribution in [3.05, 3.63) is 47.1 Å². The molecule has 0 aliphatic carbocycles. The highest BCUT2D eigenvalue weighted by molar-refractivity contribution is 5.42. The third-order valence-corrected chi connectivity index (χ3v) is 3.47. The van der Waals surface area contributed by atoms with Gasteiger partial charge in [0.15, 0.2) is 11.5 Å². The van der Waals surface area contributed by atoms with Gasteiger partial charge in [0.2, 0.25) is 0 Å². The summed E-state index contributed by atoms with van der Waals surface area (Å²) in [5.41, 5.74) is 4.14. The van der Waals surface area contributed by atoms with Crippen LogP contribution in [0.25, 0.3) is 0 Å². The van der Waals surface area contributed by atoms with Gasteiger partial charge in [-0.3, -0.25) is 0 Å². The van der Waals surface area contributed by atoms with Crippen LogP contribution in [0.15, 0.2) is 41.5 Å². The van der Waals surface area contributed by atoms with Crippen LogP contribution in [0.4, 0.5) is 0 Å². The van der Waals surface area contributed by atoms with Crippen LogP contribution >= 0.6 is 0 Å². The predicted molar refractivity (Wildman–Crippen MR) is 90.3 cm³/mol. The van der Waals surface area contributed by atoms with Crippen LogP contribution in [0, 0.1) is 0 Å². The zero-order chi connectivity index (χ0) is 15.7. The molecule has 0 unspecified atom stereocenters. The third-order valence-electron chi connectivity index (χ3n) is 3.47. The van der Waals surface area contributed by atoms with Gasteiger partial charge in [-0.05, 0) is 64.2 Å². The number of rotatable bonds is 8. The molecule has 0 radical (unpaired) electrons. The molecule has 0 fully saturated rings. The predicted octanol–water partition coefficient (Wildman–Crippen LogP) is 5.33. The number of hydrogen-bond donors (Lipinski definition) is 0. The highest BCUT2D eigenvalue weighted by Crippen LogP contribution is 2.28. The van der Waals surface area contributed by atoms with E-state index >= 15 is 0 Å². The fourth-order valence-electron chi connectivity index (χ4n) is 2.21. The van der Waals surface area contributed by atoms with Crippen LogP contribution in [-0.4, -0.2) is 14.2 Å². The summed E-state index contributed by atoms with van der Waals surface area (Å²) in [5.74, 6) is 1.59. The van der Waals surface area contributed by atoms with Crippen molar-refractivity contribution in [2.24, 2.45) is 0 Å². The highest BCUT2D eigenvalue weighted by atomic mass is 16.5. The Labute approximate surface area is 129 Å². The summed E-state index contributed by atoms with van der Waals surface area (Å²) in [6.45, 7) is 6.51. The first-order chi connectivity index (χ1) is 10.1. The van der Waals surface area contributed by atoms with E-state index in [-0.39, 0.29) is 0 Å². The van der Waals surface area contributed by atoms with Crippen molar-refractivity contribution in [3.63, 3.8) is 0 Å². The molecule has 21 heavy (non-hydrogen) atoms. The monoisotopic (exact) mass is 288 g/mol. The number of ether oxygens (including phenoxy) is 2. The van der Waals surface area contributed by atoms with E-state index in [2.05, 4.69) is 45.1 Å². The molecule has 0 aliphatic rings. The summed E-state index contributed by atoms with van der Waals surface area (Å²) in [6, 6.07) is 6.14. The molecule has 0 aromatic heterocycles. The van der Waals surface area contributed by atoms with E-state index < -0.39 is 0 Å². The summed E-state index contributed by atoms with van der Waals surface area (Å²) < 4.78 is 10.6. The lowest BCUT2D eigenvalue weighted by atomic mass is 10.1. The van der Waals surface area contributed by atoms with Crippen molar-refractivity contribution >= 4 is 0 Å². The molecule has 0 aliphatic heterocycles. The molecule has 1 aromatic rings. The maximum atomic E-state index is 5.33. The molecular weight excluding hydrogens is 260 g/mol. The first-order valence-electron chi connectivity index (χ1n) is 7.56. The number of methoxy groups -OCH3 is 2. The van der Waals surface area contributed by atoms with Gasteiger partial charge in [0.05, 0.1) is 14.2 Å². The van der Waals surface area contributed by atoms with Gasteiger partial charge in [0.1, 0.15) is 0 Å². The molecule has 116 valence electrons. The summed E-state index contributed by atoms with van der Waals surface area (Å²) in [4.78, 5) is 0. The van der Waals surface area contributed by atoms with Crippen molar-refractivity contribution in [1.82, 2.24) is 0 Å². The molecule has 0 heterocycles. The second kappa shape index (κ2) is 9.28. The molecule has 0 spiro atoms. The molecule has 0 saturated heterocycles. The zero-order valence-electron chi connectivity index (χ0n) is 14.0. The Morgan fingerprint density at radius 1 is 0.952 bits per heavy atom. The molecule has 0 saturated carbocycles. The standard InChI is InChI=1S/C19H28O2/c1-15(2)8-6-9-16(3)10-7-11-17-12-13-18(20-4)19(14-17)21-5/h8,10,12-14H,6-7,9,11H2,1-5H3. The van der Waals surface area contributed by atoms with Gasteiger partial charge in [-0.25, -0.2) is 0 Å². The van der Waals surface area contributed by atoms with Crippen LogP contribution in [0.3, 0.4) is 0 Å². The van der Waals surface area contributed by atoms with Crippen LogP contribution in [0.2, 0.25) is 0 Å². The Bertz CT molecular complexity index is 494. The van der Waals surface area contributed by atoms with E-state index in [1.165, 1.54) is 16.7 Å². The van der Waals surface area contributed by atoms with E-state index in [0.29, 0.717) is 0 Å². The molecule has 1 rings (SSSR count). The lowest BCUT2D eigenvalue weighted by Crippen LogP contribution is -1.92. The maximum Gasteiger partial charge on any atom is 0.160 e. The number of allylic oxidation sites excluding steroid dienone is 4. The van der Waals surface area contributed by atoms with Crippen molar-refractivity contribution in [2.75, 3.05) is 14.2 Å². The van der Waals surface area contributed by atoms with Gasteiger partial charge >= 0.3 is 0 Å². The zero-order valence-corrected chi connectivity index (χ0v) is 14.0. The minimum absolute atomic E-state index is 0.787. The van der Waals surface area contributed by atoms with Crippen molar-refractivity contribution < 1.29 is 9.47 Å². The molecular formula is C19H28O2. The minimum Gasteiger partial charge on any atom is -0.493 e. The van der Waals surface area contributed by atoms with Crippen LogP contribution in [0.1, 0.15) is 45.6 Å². The molecule has 1 aromatic carbocycles. The van der Waals surface area contributed by atoms with Gasteiger partial charge in [0.25, 0.3) is 0 Å². The summed E-state index contributed by atoms with van der Waals surface area (Å²) >= 11 is 0. The van der Waals surface area contributed by atoms with Gasteiger partial charge < -0.3 is 9.47 Å². The lowest BCUT2D eigenvalue weighted by Gasteiger charge is -2.09. The fourth-order valence-corrected chi connectivity index (χ4v) is 2.21. The molecule has 2 nitrogen and oxygen atoms in total. The first-order valence-corrected chi connectivity index (χ1v) is 7.56. The maximum absolute atomic E-state index is 5.33. The largest absolute Gasteiger partial charge is 0.493 e. The van der Waals surface area contributed by atoms with E-state index in [9.17, 15) is 0 Å². The van der Waals surface area contributed by atoms with Gasteiger partial charge in [-0.2, -0.15) is 0 Å². The van der Waals surface area contributed by atoms with Gasteiger partial charge in [-0.1, -0.05) is 29.4 Å². The third kappa shape index (κ3) is 6.52. The lowest BCUT2D eigenvalue weighted by molar-refractivity contribution is 0.354. The van der Waals surface area contributed by atoms with Crippen LogP contribution in [0.5, 0.6) is 11.5 Å². The fraction of sp³-hybridized carbons (Fsp3) is 0.474. The van der Waals surface area contributed by atoms with E-state index in [4.69, 9.17) is 9.47 Å². The van der Waals surface area contributed by atoms with E-state index in [0.717, 1.165) is 37.2 Å². The average molecular weight is 288 g/mol. The van der Waals surface area contributed by atoms with E-state index in [1.54, 1.807) is 14.2 Å². The Hall–Kier alpha value is -1.70. The Morgan fingerprint density at radius 2 is 1.67 bits per heavy atom. The Morgan fingerprint density at radius 3 is 2.29 bits per heavy atom. The minimum atomic E-state index is 0.787.